The second kappa shape index (κ2) is 9.97. The average Bonchev–Trinajstić information content (AvgIpc) is 2.52. The predicted molar refractivity (Wildman–Crippen MR) is 85.0 cm³/mol. The normalized spacial score (nSPS) is 11.7. The molecule has 0 radical (unpaired) electrons. The summed E-state index contributed by atoms with van der Waals surface area (Å²) in [6.45, 7) is 5.20. The number of hydrogen-bond donors (Lipinski definition) is 2. The van der Waals surface area contributed by atoms with Crippen molar-refractivity contribution in [1.82, 2.24) is 10.6 Å². The Morgan fingerprint density at radius 3 is 2.33 bits per heavy atom. The molecule has 2 amide bonds. The van der Waals surface area contributed by atoms with Crippen molar-refractivity contribution in [2.45, 2.75) is 45.4 Å². The Balaban J connectivity index is 2.22. The lowest BCUT2D eigenvalue weighted by Gasteiger charge is -2.13. The molecule has 0 spiro atoms. The lowest BCUT2D eigenvalue weighted by atomic mass is 10.0. The Morgan fingerprint density at radius 1 is 1.00 bits per heavy atom. The lowest BCUT2D eigenvalue weighted by molar-refractivity contribution is -0.139. The van der Waals surface area contributed by atoms with Crippen molar-refractivity contribution in [3.05, 3.63) is 35.9 Å². The fourth-order valence-electron chi connectivity index (χ4n) is 2.06. The number of benzene rings is 1. The minimum atomic E-state index is -0.548. The summed E-state index contributed by atoms with van der Waals surface area (Å²) in [5.41, 5.74) is 1.15. The van der Waals surface area contributed by atoms with Crippen LogP contribution in [0.15, 0.2) is 30.3 Å². The van der Waals surface area contributed by atoms with Crippen LogP contribution in [0.1, 0.15) is 51.0 Å². The molecular weight excluding hydrogens is 264 g/mol. The van der Waals surface area contributed by atoms with E-state index >= 15 is 0 Å². The molecule has 0 heterocycles. The van der Waals surface area contributed by atoms with E-state index in [1.807, 2.05) is 37.3 Å². The number of amides is 2. The maximum atomic E-state index is 11.7. The van der Waals surface area contributed by atoms with E-state index in [4.69, 9.17) is 0 Å². The maximum absolute atomic E-state index is 11.7. The summed E-state index contributed by atoms with van der Waals surface area (Å²) in [6.07, 6.45) is 4.33. The Morgan fingerprint density at radius 2 is 1.67 bits per heavy atom. The first-order valence-electron chi connectivity index (χ1n) is 7.76. The van der Waals surface area contributed by atoms with Gasteiger partial charge in [0.05, 0.1) is 0 Å². The average molecular weight is 290 g/mol. The summed E-state index contributed by atoms with van der Waals surface area (Å²) >= 11 is 0. The molecule has 0 aromatic heterocycles. The molecule has 21 heavy (non-hydrogen) atoms. The van der Waals surface area contributed by atoms with Gasteiger partial charge in [0.2, 0.25) is 0 Å². The van der Waals surface area contributed by atoms with Crippen LogP contribution in [0.2, 0.25) is 0 Å². The van der Waals surface area contributed by atoms with Gasteiger partial charge in [-0.15, -0.1) is 0 Å². The molecule has 0 unspecified atom stereocenters. The number of carbonyl (C=O) groups excluding carboxylic acids is 2. The van der Waals surface area contributed by atoms with Crippen LogP contribution >= 0.6 is 0 Å². The maximum Gasteiger partial charge on any atom is 0.309 e. The highest BCUT2D eigenvalue weighted by atomic mass is 16.2. The molecule has 2 N–H and O–H groups in total. The van der Waals surface area contributed by atoms with Gasteiger partial charge in [0.15, 0.2) is 0 Å². The van der Waals surface area contributed by atoms with Gasteiger partial charge in [0.25, 0.3) is 0 Å². The first kappa shape index (κ1) is 17.2. The molecule has 0 aliphatic heterocycles. The zero-order valence-electron chi connectivity index (χ0n) is 13.0. The molecule has 0 bridgehead atoms. The summed E-state index contributed by atoms with van der Waals surface area (Å²) in [5, 5.41) is 5.34. The Labute approximate surface area is 127 Å². The van der Waals surface area contributed by atoms with E-state index < -0.39 is 11.8 Å². The molecule has 1 aromatic carbocycles. The summed E-state index contributed by atoms with van der Waals surface area (Å²) in [7, 11) is 0. The summed E-state index contributed by atoms with van der Waals surface area (Å²) in [5.74, 6) is -0.896. The zero-order valence-corrected chi connectivity index (χ0v) is 13.0. The largest absolute Gasteiger partial charge is 0.348 e. The third-order valence-corrected chi connectivity index (χ3v) is 3.46. The molecule has 0 saturated heterocycles. The van der Waals surface area contributed by atoms with Gasteiger partial charge in [-0.3, -0.25) is 9.59 Å². The number of nitrogens with one attached hydrogen (secondary N) is 2. The van der Waals surface area contributed by atoms with Crippen molar-refractivity contribution in [3.63, 3.8) is 0 Å². The summed E-state index contributed by atoms with van der Waals surface area (Å²) in [4.78, 5) is 23.3. The topological polar surface area (TPSA) is 58.2 Å². The molecule has 0 aliphatic carbocycles. The fourth-order valence-corrected chi connectivity index (χ4v) is 2.06. The quantitative estimate of drug-likeness (QED) is 0.571. The van der Waals surface area contributed by atoms with Crippen LogP contribution in [0.25, 0.3) is 0 Å². The van der Waals surface area contributed by atoms with Crippen molar-refractivity contribution in [2.75, 3.05) is 13.1 Å². The first-order valence-corrected chi connectivity index (χ1v) is 7.76. The van der Waals surface area contributed by atoms with E-state index in [0.717, 1.165) is 31.2 Å². The van der Waals surface area contributed by atoms with Gasteiger partial charge in [-0.1, -0.05) is 63.4 Å². The molecule has 0 aliphatic rings. The van der Waals surface area contributed by atoms with E-state index in [1.54, 1.807) is 0 Å². The van der Waals surface area contributed by atoms with Crippen LogP contribution in [0.5, 0.6) is 0 Å². The van der Waals surface area contributed by atoms with Gasteiger partial charge in [-0.25, -0.2) is 0 Å². The van der Waals surface area contributed by atoms with Gasteiger partial charge < -0.3 is 10.6 Å². The highest BCUT2D eigenvalue weighted by Crippen LogP contribution is 2.12. The lowest BCUT2D eigenvalue weighted by Crippen LogP contribution is -2.41. The smallest absolute Gasteiger partial charge is 0.309 e. The molecule has 116 valence electrons. The number of unbranched alkanes of at least 4 members (excludes halogenated alkanes) is 3. The highest BCUT2D eigenvalue weighted by Gasteiger charge is 2.14. The number of rotatable bonds is 8. The van der Waals surface area contributed by atoms with Gasteiger partial charge in [-0.05, 0) is 17.9 Å². The first-order chi connectivity index (χ1) is 10.1. The molecule has 0 fully saturated rings. The van der Waals surface area contributed by atoms with Crippen molar-refractivity contribution >= 4 is 11.8 Å². The van der Waals surface area contributed by atoms with Crippen molar-refractivity contribution < 1.29 is 9.59 Å². The highest BCUT2D eigenvalue weighted by molar-refractivity contribution is 6.35. The third-order valence-electron chi connectivity index (χ3n) is 3.46. The van der Waals surface area contributed by atoms with Crippen LogP contribution in [-0.4, -0.2) is 24.9 Å². The molecule has 1 atom stereocenters. The van der Waals surface area contributed by atoms with Gasteiger partial charge >= 0.3 is 11.8 Å². The second-order valence-corrected chi connectivity index (χ2v) is 5.34. The Kier molecular flexibility index (Phi) is 8.17. The van der Waals surface area contributed by atoms with Crippen molar-refractivity contribution in [3.8, 4) is 0 Å². The van der Waals surface area contributed by atoms with Crippen LogP contribution < -0.4 is 10.6 Å². The van der Waals surface area contributed by atoms with E-state index in [0.29, 0.717) is 13.1 Å². The minimum Gasteiger partial charge on any atom is -0.348 e. The van der Waals surface area contributed by atoms with Crippen molar-refractivity contribution in [1.29, 1.82) is 0 Å². The number of hydrogen-bond acceptors (Lipinski definition) is 2. The van der Waals surface area contributed by atoms with E-state index in [2.05, 4.69) is 17.6 Å². The molecule has 1 rings (SSSR count). The van der Waals surface area contributed by atoms with Gasteiger partial charge in [0, 0.05) is 13.1 Å². The molecule has 4 heteroatoms. The van der Waals surface area contributed by atoms with Crippen molar-refractivity contribution in [2.24, 2.45) is 0 Å². The monoisotopic (exact) mass is 290 g/mol. The predicted octanol–water partition coefficient (Wildman–Crippen LogP) is 2.60. The van der Waals surface area contributed by atoms with Crippen LogP contribution in [0, 0.1) is 0 Å². The SMILES string of the molecule is CCCCCCNC(=O)C(=O)NC[C@@H](C)c1ccccc1. The van der Waals surface area contributed by atoms with Crippen LogP contribution in [-0.2, 0) is 9.59 Å². The summed E-state index contributed by atoms with van der Waals surface area (Å²) < 4.78 is 0. The molecule has 0 saturated carbocycles. The fraction of sp³-hybridized carbons (Fsp3) is 0.529. The minimum absolute atomic E-state index is 0.188. The Hall–Kier alpha value is -1.84. The third kappa shape index (κ3) is 6.93. The number of carbonyl (C=O) groups is 2. The van der Waals surface area contributed by atoms with Crippen LogP contribution in [0.3, 0.4) is 0 Å². The van der Waals surface area contributed by atoms with Gasteiger partial charge in [-0.2, -0.15) is 0 Å². The second-order valence-electron chi connectivity index (χ2n) is 5.34. The zero-order chi connectivity index (χ0) is 15.5. The van der Waals surface area contributed by atoms with E-state index in [9.17, 15) is 9.59 Å². The molecule has 4 nitrogen and oxygen atoms in total. The van der Waals surface area contributed by atoms with Gasteiger partial charge in [0.1, 0.15) is 0 Å². The van der Waals surface area contributed by atoms with E-state index in [1.165, 1.54) is 0 Å². The standard InChI is InChI=1S/C17H26N2O2/c1-3-4-5-9-12-18-16(20)17(21)19-13-14(2)15-10-7-6-8-11-15/h6-8,10-11,14H,3-5,9,12-13H2,1-2H3,(H,18,20)(H,19,21)/t14-/m1/s1. The molecular formula is C17H26N2O2. The van der Waals surface area contributed by atoms with Crippen LogP contribution in [0.4, 0.5) is 0 Å². The summed E-state index contributed by atoms with van der Waals surface area (Å²) in [6, 6.07) is 9.93. The molecule has 1 aromatic rings. The van der Waals surface area contributed by atoms with E-state index in [-0.39, 0.29) is 5.92 Å². The Bertz CT molecular complexity index is 432.